The third-order valence-electron chi connectivity index (χ3n) is 4.84. The Hall–Kier alpha value is -2.70. The maximum Gasteiger partial charge on any atom is 0.253 e. The lowest BCUT2D eigenvalue weighted by Gasteiger charge is -2.25. The molecule has 1 heterocycles. The number of hydrogen-bond donors (Lipinski definition) is 3. The molecular formula is C22H25N3O2S. The number of aromatic nitrogens is 1. The first kappa shape index (κ1) is 20.0. The van der Waals surface area contributed by atoms with E-state index in [1.54, 1.807) is 4.90 Å². The molecule has 0 aliphatic heterocycles. The normalized spacial score (nSPS) is 10.9. The van der Waals surface area contributed by atoms with Crippen LogP contribution in [0.4, 0.5) is 5.69 Å². The molecule has 0 saturated heterocycles. The highest BCUT2D eigenvalue weighted by Crippen LogP contribution is 2.20. The van der Waals surface area contributed by atoms with Crippen molar-refractivity contribution in [1.29, 1.82) is 0 Å². The molecule has 0 aliphatic rings. The molecule has 0 bridgehead atoms. The van der Waals surface area contributed by atoms with E-state index in [-0.39, 0.29) is 12.2 Å². The predicted octanol–water partition coefficient (Wildman–Crippen LogP) is 3.64. The highest BCUT2D eigenvalue weighted by atomic mass is 32.1. The number of thiocarbonyl (C=S) groups is 1. The largest absolute Gasteiger partial charge is 0.395 e. The smallest absolute Gasteiger partial charge is 0.253 e. The minimum Gasteiger partial charge on any atom is -0.395 e. The van der Waals surface area contributed by atoms with Crippen LogP contribution in [-0.4, -0.2) is 33.3 Å². The van der Waals surface area contributed by atoms with Gasteiger partial charge in [-0.1, -0.05) is 29.8 Å². The van der Waals surface area contributed by atoms with Crippen molar-refractivity contribution in [3.05, 3.63) is 75.1 Å². The molecule has 0 spiro atoms. The second-order valence-electron chi connectivity index (χ2n) is 7.05. The highest BCUT2D eigenvalue weighted by molar-refractivity contribution is 7.80. The van der Waals surface area contributed by atoms with Crippen molar-refractivity contribution in [1.82, 2.24) is 9.88 Å². The zero-order chi connectivity index (χ0) is 20.3. The predicted molar refractivity (Wildman–Crippen MR) is 119 cm³/mol. The van der Waals surface area contributed by atoms with Crippen LogP contribution >= 0.6 is 12.2 Å². The van der Waals surface area contributed by atoms with Crippen LogP contribution in [0.15, 0.2) is 47.3 Å². The van der Waals surface area contributed by atoms with Crippen molar-refractivity contribution in [2.75, 3.05) is 18.5 Å². The van der Waals surface area contributed by atoms with Gasteiger partial charge in [0.15, 0.2) is 5.11 Å². The Bertz CT molecular complexity index is 1060. The Kier molecular flexibility index (Phi) is 6.11. The van der Waals surface area contributed by atoms with Crippen molar-refractivity contribution < 1.29 is 5.11 Å². The molecule has 3 aromatic rings. The van der Waals surface area contributed by atoms with Crippen LogP contribution in [0, 0.1) is 20.8 Å². The second kappa shape index (κ2) is 8.54. The summed E-state index contributed by atoms with van der Waals surface area (Å²) in [5.74, 6) is 0. The van der Waals surface area contributed by atoms with Crippen LogP contribution in [0.2, 0.25) is 0 Å². The molecule has 3 N–H and O–H groups in total. The van der Waals surface area contributed by atoms with Gasteiger partial charge in [-0.2, -0.15) is 0 Å². The molecule has 0 radical (unpaired) electrons. The Labute approximate surface area is 170 Å². The van der Waals surface area contributed by atoms with Gasteiger partial charge in [-0.25, -0.2) is 0 Å². The van der Waals surface area contributed by atoms with E-state index in [9.17, 15) is 9.90 Å². The average Bonchev–Trinajstić information content (AvgIpc) is 2.67. The topological polar surface area (TPSA) is 68.4 Å². The van der Waals surface area contributed by atoms with Crippen molar-refractivity contribution in [2.45, 2.75) is 27.3 Å². The second-order valence-corrected chi connectivity index (χ2v) is 7.44. The molecule has 0 saturated carbocycles. The number of fused-ring (bicyclic) bond motifs is 1. The number of nitrogens with zero attached hydrogens (tertiary/aromatic N) is 1. The van der Waals surface area contributed by atoms with E-state index in [1.807, 2.05) is 57.2 Å². The molecule has 2 aromatic carbocycles. The Balaban J connectivity index is 1.88. The van der Waals surface area contributed by atoms with Crippen molar-refractivity contribution in [3.8, 4) is 0 Å². The minimum absolute atomic E-state index is 0.0562. The van der Waals surface area contributed by atoms with E-state index in [0.29, 0.717) is 23.8 Å². The maximum atomic E-state index is 12.6. The van der Waals surface area contributed by atoms with Gasteiger partial charge >= 0.3 is 0 Å². The van der Waals surface area contributed by atoms with Gasteiger partial charge in [-0.15, -0.1) is 0 Å². The third-order valence-corrected chi connectivity index (χ3v) is 5.20. The van der Waals surface area contributed by atoms with Crippen LogP contribution in [-0.2, 0) is 6.54 Å². The first-order valence-corrected chi connectivity index (χ1v) is 9.65. The summed E-state index contributed by atoms with van der Waals surface area (Å²) in [5, 5.41) is 14.2. The fourth-order valence-corrected chi connectivity index (χ4v) is 3.43. The summed E-state index contributed by atoms with van der Waals surface area (Å²) in [6.45, 7) is 6.63. The highest BCUT2D eigenvalue weighted by Gasteiger charge is 2.14. The fraction of sp³-hybridized carbons (Fsp3) is 0.273. The minimum atomic E-state index is -0.137. The summed E-state index contributed by atoms with van der Waals surface area (Å²) < 4.78 is 0. The van der Waals surface area contributed by atoms with Crippen molar-refractivity contribution in [2.24, 2.45) is 0 Å². The summed E-state index contributed by atoms with van der Waals surface area (Å²) >= 11 is 5.53. The molecule has 0 aliphatic carbocycles. The van der Waals surface area contributed by atoms with Gasteiger partial charge in [0.05, 0.1) is 18.7 Å². The van der Waals surface area contributed by atoms with Crippen LogP contribution in [0.5, 0.6) is 0 Å². The third kappa shape index (κ3) is 4.40. The Morgan fingerprint density at radius 2 is 1.79 bits per heavy atom. The van der Waals surface area contributed by atoms with Crippen molar-refractivity contribution in [3.63, 3.8) is 0 Å². The Morgan fingerprint density at radius 3 is 2.46 bits per heavy atom. The maximum absolute atomic E-state index is 12.6. The van der Waals surface area contributed by atoms with Crippen LogP contribution in [0.1, 0.15) is 22.3 Å². The molecule has 0 fully saturated rings. The van der Waals surface area contributed by atoms with Gasteiger partial charge in [0, 0.05) is 23.2 Å². The lowest BCUT2D eigenvalue weighted by atomic mass is 10.0. The number of rotatable bonds is 5. The molecule has 0 amide bonds. The van der Waals surface area contributed by atoms with Gasteiger partial charge in [-0.3, -0.25) is 4.79 Å². The average molecular weight is 396 g/mol. The molecule has 6 heteroatoms. The van der Waals surface area contributed by atoms with E-state index < -0.39 is 0 Å². The van der Waals surface area contributed by atoms with Gasteiger partial charge in [0.1, 0.15) is 0 Å². The Morgan fingerprint density at radius 1 is 1.11 bits per heavy atom. The van der Waals surface area contributed by atoms with E-state index in [0.717, 1.165) is 33.3 Å². The summed E-state index contributed by atoms with van der Waals surface area (Å²) in [6, 6.07) is 13.9. The molecule has 0 unspecified atom stereocenters. The zero-order valence-corrected chi connectivity index (χ0v) is 17.2. The zero-order valence-electron chi connectivity index (χ0n) is 16.4. The number of hydrogen-bond acceptors (Lipinski definition) is 3. The van der Waals surface area contributed by atoms with Gasteiger partial charge in [0.25, 0.3) is 5.56 Å². The van der Waals surface area contributed by atoms with Crippen molar-refractivity contribution >= 4 is 33.9 Å². The molecular weight excluding hydrogens is 370 g/mol. The first-order valence-electron chi connectivity index (χ1n) is 9.24. The number of aryl methyl sites for hydroxylation is 3. The van der Waals surface area contributed by atoms with Gasteiger partial charge in [-0.05, 0) is 62.3 Å². The number of anilines is 1. The molecule has 146 valence electrons. The van der Waals surface area contributed by atoms with E-state index in [1.165, 1.54) is 0 Å². The van der Waals surface area contributed by atoms with Crippen LogP contribution in [0.3, 0.4) is 0 Å². The molecule has 28 heavy (non-hydrogen) atoms. The number of aliphatic hydroxyl groups excluding tert-OH is 1. The molecule has 5 nitrogen and oxygen atoms in total. The molecule has 0 atom stereocenters. The SMILES string of the molecule is Cc1ccc(NC(=S)N(CCO)Cc2cc3c(C)ccc(C)c3[nH]c2=O)cc1. The monoisotopic (exact) mass is 395 g/mol. The number of H-pyrrole nitrogens is 1. The number of aromatic amines is 1. The van der Waals surface area contributed by atoms with Gasteiger partial charge < -0.3 is 20.3 Å². The summed E-state index contributed by atoms with van der Waals surface area (Å²) in [7, 11) is 0. The number of aliphatic hydroxyl groups is 1. The van der Waals surface area contributed by atoms with Gasteiger partial charge in [0.2, 0.25) is 0 Å². The molecule has 3 rings (SSSR count). The summed E-state index contributed by atoms with van der Waals surface area (Å²) in [5.41, 5.74) is 5.52. The quantitative estimate of drug-likeness (QED) is 0.576. The van der Waals surface area contributed by atoms with E-state index in [4.69, 9.17) is 12.2 Å². The number of nitrogens with one attached hydrogen (secondary N) is 2. The summed E-state index contributed by atoms with van der Waals surface area (Å²) in [4.78, 5) is 17.5. The fourth-order valence-electron chi connectivity index (χ4n) is 3.15. The van der Waals surface area contributed by atoms with Crippen LogP contribution < -0.4 is 10.9 Å². The molecule has 1 aromatic heterocycles. The standard InChI is InChI=1S/C22H25N3O2S/c1-14-4-8-18(9-5-14)23-22(28)25(10-11-26)13-17-12-19-15(2)6-7-16(3)20(19)24-21(17)27/h4-9,12,26H,10-11,13H2,1-3H3,(H,23,28)(H,24,27). The lowest BCUT2D eigenvalue weighted by Crippen LogP contribution is -2.37. The first-order chi connectivity index (χ1) is 13.4. The number of benzene rings is 2. The summed E-state index contributed by atoms with van der Waals surface area (Å²) in [6.07, 6.45) is 0. The number of pyridine rings is 1. The van der Waals surface area contributed by atoms with E-state index in [2.05, 4.69) is 16.4 Å². The van der Waals surface area contributed by atoms with Crippen LogP contribution in [0.25, 0.3) is 10.9 Å². The van der Waals surface area contributed by atoms with E-state index >= 15 is 0 Å². The lowest BCUT2D eigenvalue weighted by molar-refractivity contribution is 0.248.